The molecule has 0 spiro atoms. The highest BCUT2D eigenvalue weighted by Crippen LogP contribution is 2.18. The third-order valence-corrected chi connectivity index (χ3v) is 2.61. The van der Waals surface area contributed by atoms with E-state index < -0.39 is 0 Å². The predicted molar refractivity (Wildman–Crippen MR) is 64.5 cm³/mol. The number of benzene rings is 1. The van der Waals surface area contributed by atoms with Crippen LogP contribution >= 0.6 is 0 Å². The number of rotatable bonds is 5. The van der Waals surface area contributed by atoms with Crippen molar-refractivity contribution in [2.45, 2.75) is 18.9 Å². The zero-order valence-corrected chi connectivity index (χ0v) is 9.77. The molecule has 3 N–H and O–H groups in total. The fourth-order valence-corrected chi connectivity index (χ4v) is 1.69. The number of nitrogens with one attached hydrogen (secondary N) is 1. The highest BCUT2D eigenvalue weighted by molar-refractivity contribution is 5.20. The summed E-state index contributed by atoms with van der Waals surface area (Å²) in [4.78, 5) is 0. The van der Waals surface area contributed by atoms with Gasteiger partial charge in [-0.2, -0.15) is 0 Å². The molecule has 84 valence electrons. The van der Waals surface area contributed by atoms with Crippen LogP contribution in [-0.4, -0.2) is 31.7 Å². The van der Waals surface area contributed by atoms with Crippen molar-refractivity contribution in [3.8, 4) is 0 Å². The molecule has 0 aliphatic carbocycles. The van der Waals surface area contributed by atoms with Gasteiger partial charge in [0.15, 0.2) is 0 Å². The van der Waals surface area contributed by atoms with Crippen LogP contribution in [-0.2, 0) is 0 Å². The van der Waals surface area contributed by atoms with Gasteiger partial charge in [-0.3, -0.25) is 10.4 Å². The van der Waals surface area contributed by atoms with Crippen LogP contribution in [0.15, 0.2) is 30.3 Å². The maximum Gasteiger partial charge on any atom is 0.0403 e. The maximum absolute atomic E-state index is 5.77. The minimum Gasteiger partial charge on any atom is -0.329 e. The molecule has 0 aromatic heterocycles. The Morgan fingerprint density at radius 3 is 2.33 bits per heavy atom. The first kappa shape index (κ1) is 12.2. The van der Waals surface area contributed by atoms with Crippen molar-refractivity contribution >= 4 is 0 Å². The van der Waals surface area contributed by atoms with E-state index in [9.17, 15) is 0 Å². The van der Waals surface area contributed by atoms with Gasteiger partial charge in [-0.15, -0.1) is 0 Å². The van der Waals surface area contributed by atoms with E-state index in [0.29, 0.717) is 12.5 Å². The molecule has 0 fully saturated rings. The molecule has 2 unspecified atom stereocenters. The summed E-state index contributed by atoms with van der Waals surface area (Å²) in [7, 11) is 3.97. The summed E-state index contributed by atoms with van der Waals surface area (Å²) in [5.41, 5.74) is 10.4. The van der Waals surface area contributed by atoms with Gasteiger partial charge in [0.25, 0.3) is 0 Å². The molecular formula is C12H21N3. The monoisotopic (exact) mass is 207 g/mol. The molecule has 0 aliphatic rings. The molecule has 0 heterocycles. The van der Waals surface area contributed by atoms with Crippen molar-refractivity contribution in [1.29, 1.82) is 0 Å². The molecule has 1 aromatic carbocycles. The Bertz CT molecular complexity index is 271. The van der Waals surface area contributed by atoms with Crippen molar-refractivity contribution < 1.29 is 0 Å². The summed E-state index contributed by atoms with van der Waals surface area (Å²) < 4.78 is 0. The number of hydrogen-bond acceptors (Lipinski definition) is 3. The lowest BCUT2D eigenvalue weighted by molar-refractivity contribution is 0.228. The van der Waals surface area contributed by atoms with E-state index >= 15 is 0 Å². The van der Waals surface area contributed by atoms with Crippen LogP contribution in [0.4, 0.5) is 0 Å². The lowest BCUT2D eigenvalue weighted by atomic mass is 9.94. The summed E-state index contributed by atoms with van der Waals surface area (Å²) in [6.45, 7) is 2.83. The van der Waals surface area contributed by atoms with Gasteiger partial charge in [-0.05, 0) is 11.5 Å². The van der Waals surface area contributed by atoms with Crippen molar-refractivity contribution in [3.05, 3.63) is 35.9 Å². The van der Waals surface area contributed by atoms with Crippen LogP contribution in [0.2, 0.25) is 0 Å². The molecule has 2 atom stereocenters. The number of hydrogen-bond donors (Lipinski definition) is 2. The first-order chi connectivity index (χ1) is 7.15. The zero-order chi connectivity index (χ0) is 11.3. The van der Waals surface area contributed by atoms with Gasteiger partial charge in [0.2, 0.25) is 0 Å². The fraction of sp³-hybridized carbons (Fsp3) is 0.500. The SMILES string of the molecule is CC(c1ccccc1)C(CN)NN(C)C. The average Bonchev–Trinajstić information content (AvgIpc) is 2.26. The van der Waals surface area contributed by atoms with Gasteiger partial charge in [0, 0.05) is 26.7 Å². The molecule has 1 rings (SSSR count). The van der Waals surface area contributed by atoms with E-state index in [-0.39, 0.29) is 6.04 Å². The molecule has 1 aromatic rings. The van der Waals surface area contributed by atoms with E-state index in [0.717, 1.165) is 0 Å². The normalized spacial score (nSPS) is 15.3. The van der Waals surface area contributed by atoms with Crippen LogP contribution in [0.3, 0.4) is 0 Å². The fourth-order valence-electron chi connectivity index (χ4n) is 1.69. The van der Waals surface area contributed by atoms with Gasteiger partial charge >= 0.3 is 0 Å². The van der Waals surface area contributed by atoms with Crippen molar-refractivity contribution in [3.63, 3.8) is 0 Å². The second-order valence-electron chi connectivity index (χ2n) is 4.07. The molecule has 15 heavy (non-hydrogen) atoms. The van der Waals surface area contributed by atoms with Crippen LogP contribution < -0.4 is 11.2 Å². The average molecular weight is 207 g/mol. The van der Waals surface area contributed by atoms with E-state index in [1.54, 1.807) is 0 Å². The Hall–Kier alpha value is -0.900. The number of nitrogens with zero attached hydrogens (tertiary/aromatic N) is 1. The number of nitrogens with two attached hydrogens (primary N) is 1. The molecule has 0 saturated heterocycles. The van der Waals surface area contributed by atoms with Crippen LogP contribution in [0.5, 0.6) is 0 Å². The summed E-state index contributed by atoms with van der Waals surface area (Å²) in [5.74, 6) is 0.415. The van der Waals surface area contributed by atoms with Crippen molar-refractivity contribution in [1.82, 2.24) is 10.4 Å². The molecule has 0 aliphatic heterocycles. The molecule has 0 bridgehead atoms. The topological polar surface area (TPSA) is 41.3 Å². The van der Waals surface area contributed by atoms with E-state index in [4.69, 9.17) is 5.73 Å². The Morgan fingerprint density at radius 2 is 1.87 bits per heavy atom. The lowest BCUT2D eigenvalue weighted by Crippen LogP contribution is -2.46. The minimum atomic E-state index is 0.280. The van der Waals surface area contributed by atoms with Crippen LogP contribution in [0, 0.1) is 0 Å². The summed E-state index contributed by atoms with van der Waals surface area (Å²) in [6.07, 6.45) is 0. The highest BCUT2D eigenvalue weighted by Gasteiger charge is 2.17. The number of hydrazine groups is 1. The Labute approximate surface area is 92.2 Å². The minimum absolute atomic E-state index is 0.280. The van der Waals surface area contributed by atoms with Gasteiger partial charge in [0.05, 0.1) is 0 Å². The first-order valence-corrected chi connectivity index (χ1v) is 5.33. The largest absolute Gasteiger partial charge is 0.329 e. The maximum atomic E-state index is 5.77. The van der Waals surface area contributed by atoms with Crippen LogP contribution in [0.1, 0.15) is 18.4 Å². The second kappa shape index (κ2) is 5.85. The lowest BCUT2D eigenvalue weighted by Gasteiger charge is -2.27. The van der Waals surface area contributed by atoms with Gasteiger partial charge in [0.1, 0.15) is 0 Å². The Balaban J connectivity index is 2.69. The van der Waals surface area contributed by atoms with E-state index in [2.05, 4.69) is 36.6 Å². The van der Waals surface area contributed by atoms with E-state index in [1.807, 2.05) is 25.2 Å². The molecule has 0 amide bonds. The van der Waals surface area contributed by atoms with Gasteiger partial charge in [-0.25, -0.2) is 0 Å². The Kier molecular flexibility index (Phi) is 4.75. The highest BCUT2D eigenvalue weighted by atomic mass is 15.5. The quantitative estimate of drug-likeness (QED) is 0.712. The smallest absolute Gasteiger partial charge is 0.0403 e. The van der Waals surface area contributed by atoms with Crippen LogP contribution in [0.25, 0.3) is 0 Å². The van der Waals surface area contributed by atoms with Gasteiger partial charge in [-0.1, -0.05) is 37.3 Å². The van der Waals surface area contributed by atoms with Gasteiger partial charge < -0.3 is 5.73 Å². The zero-order valence-electron chi connectivity index (χ0n) is 9.77. The third-order valence-electron chi connectivity index (χ3n) is 2.61. The molecule has 3 nitrogen and oxygen atoms in total. The van der Waals surface area contributed by atoms with Crippen molar-refractivity contribution in [2.75, 3.05) is 20.6 Å². The molecular weight excluding hydrogens is 186 g/mol. The third kappa shape index (κ3) is 3.63. The molecule has 3 heteroatoms. The predicted octanol–water partition coefficient (Wildman–Crippen LogP) is 1.18. The summed E-state index contributed by atoms with van der Waals surface area (Å²) >= 11 is 0. The first-order valence-electron chi connectivity index (χ1n) is 5.33. The standard InChI is InChI=1S/C12H21N3/c1-10(11-7-5-4-6-8-11)12(9-13)14-15(2)3/h4-8,10,12,14H,9,13H2,1-3H3. The summed E-state index contributed by atoms with van der Waals surface area (Å²) in [5, 5.41) is 1.96. The van der Waals surface area contributed by atoms with Crippen molar-refractivity contribution in [2.24, 2.45) is 5.73 Å². The second-order valence-corrected chi connectivity index (χ2v) is 4.07. The van der Waals surface area contributed by atoms with E-state index in [1.165, 1.54) is 5.56 Å². The molecule has 0 saturated carbocycles. The summed E-state index contributed by atoms with van der Waals surface area (Å²) in [6, 6.07) is 10.7. The Morgan fingerprint density at radius 1 is 1.27 bits per heavy atom. The molecule has 0 radical (unpaired) electrons.